The first-order valence-corrected chi connectivity index (χ1v) is 7.96. The van der Waals surface area contributed by atoms with Crippen LogP contribution in [0.25, 0.3) is 0 Å². The van der Waals surface area contributed by atoms with Crippen LogP contribution in [0.15, 0.2) is 28.0 Å². The van der Waals surface area contributed by atoms with Crippen molar-refractivity contribution in [3.05, 3.63) is 21.8 Å². The summed E-state index contributed by atoms with van der Waals surface area (Å²) < 4.78 is 1.37. The van der Waals surface area contributed by atoms with E-state index in [2.05, 4.69) is 68.5 Å². The fraction of sp³-hybridized carbons (Fsp3) is 0.500. The van der Waals surface area contributed by atoms with Gasteiger partial charge in [0.15, 0.2) is 0 Å². The number of thioether (sulfide) groups is 2. The van der Waals surface area contributed by atoms with Crippen molar-refractivity contribution >= 4 is 46.1 Å². The fourth-order valence-electron chi connectivity index (χ4n) is 1.19. The SMILES string of the molecule is CC(C)Sc1cccc(I)c1SC(C)C. The summed E-state index contributed by atoms with van der Waals surface area (Å²) in [7, 11) is 0. The first-order valence-electron chi connectivity index (χ1n) is 5.12. The van der Waals surface area contributed by atoms with Crippen LogP contribution in [-0.4, -0.2) is 10.5 Å². The van der Waals surface area contributed by atoms with Crippen LogP contribution in [0.4, 0.5) is 0 Å². The van der Waals surface area contributed by atoms with Crippen molar-refractivity contribution in [3.8, 4) is 0 Å². The van der Waals surface area contributed by atoms with Gasteiger partial charge in [-0.15, -0.1) is 23.5 Å². The molecule has 0 fully saturated rings. The van der Waals surface area contributed by atoms with Crippen LogP contribution >= 0.6 is 46.1 Å². The number of rotatable bonds is 4. The largest absolute Gasteiger partial charge is 0.122 e. The molecular formula is C12H17IS2. The highest BCUT2D eigenvalue weighted by Gasteiger charge is 2.10. The summed E-state index contributed by atoms with van der Waals surface area (Å²) in [6.45, 7) is 8.98. The molecule has 3 heteroatoms. The van der Waals surface area contributed by atoms with E-state index in [1.807, 2.05) is 23.5 Å². The molecule has 0 unspecified atom stereocenters. The first kappa shape index (κ1) is 13.7. The number of hydrogen-bond acceptors (Lipinski definition) is 2. The maximum atomic E-state index is 2.43. The van der Waals surface area contributed by atoms with Gasteiger partial charge in [0.05, 0.1) is 0 Å². The average Bonchev–Trinajstić information content (AvgIpc) is 2.09. The Morgan fingerprint density at radius 1 is 1.00 bits per heavy atom. The molecule has 0 aromatic heterocycles. The van der Waals surface area contributed by atoms with E-state index in [0.29, 0.717) is 10.5 Å². The van der Waals surface area contributed by atoms with Gasteiger partial charge in [-0.1, -0.05) is 33.8 Å². The molecule has 1 rings (SSSR count). The highest BCUT2D eigenvalue weighted by molar-refractivity contribution is 14.1. The summed E-state index contributed by atoms with van der Waals surface area (Å²) in [6.07, 6.45) is 0. The third kappa shape index (κ3) is 4.57. The van der Waals surface area contributed by atoms with Gasteiger partial charge >= 0.3 is 0 Å². The molecular weight excluding hydrogens is 335 g/mol. The Hall–Kier alpha value is 0.650. The lowest BCUT2D eigenvalue weighted by molar-refractivity contribution is 1.07. The van der Waals surface area contributed by atoms with Crippen molar-refractivity contribution in [2.24, 2.45) is 0 Å². The molecule has 1 aromatic rings. The van der Waals surface area contributed by atoms with Gasteiger partial charge in [-0.25, -0.2) is 0 Å². The van der Waals surface area contributed by atoms with Crippen LogP contribution in [0.3, 0.4) is 0 Å². The third-order valence-corrected chi connectivity index (χ3v) is 5.25. The maximum Gasteiger partial charge on any atom is 0.0344 e. The van der Waals surface area contributed by atoms with Gasteiger partial charge in [-0.2, -0.15) is 0 Å². The normalized spacial score (nSPS) is 11.4. The van der Waals surface area contributed by atoms with Crippen LogP contribution in [-0.2, 0) is 0 Å². The summed E-state index contributed by atoms with van der Waals surface area (Å²) in [5.74, 6) is 0. The first-order chi connectivity index (χ1) is 7.00. The predicted octanol–water partition coefficient (Wildman–Crippen LogP) is 5.29. The van der Waals surface area contributed by atoms with Crippen LogP contribution in [0.2, 0.25) is 0 Å². The Morgan fingerprint density at radius 3 is 2.13 bits per heavy atom. The molecule has 0 amide bonds. The molecule has 0 aliphatic carbocycles. The van der Waals surface area contributed by atoms with Crippen LogP contribution in [0.1, 0.15) is 27.7 Å². The minimum atomic E-state index is 0.646. The van der Waals surface area contributed by atoms with E-state index < -0.39 is 0 Å². The summed E-state index contributed by atoms with van der Waals surface area (Å²) in [5, 5.41) is 1.29. The molecule has 0 N–H and O–H groups in total. The van der Waals surface area contributed by atoms with Gasteiger partial charge in [0.1, 0.15) is 0 Å². The Morgan fingerprint density at radius 2 is 1.60 bits per heavy atom. The third-order valence-electron chi connectivity index (χ3n) is 1.65. The highest BCUT2D eigenvalue weighted by atomic mass is 127. The lowest BCUT2D eigenvalue weighted by atomic mass is 10.4. The van der Waals surface area contributed by atoms with Crippen molar-refractivity contribution in [2.75, 3.05) is 0 Å². The second kappa shape index (κ2) is 6.40. The van der Waals surface area contributed by atoms with E-state index in [9.17, 15) is 0 Å². The molecule has 0 bridgehead atoms. The number of hydrogen-bond donors (Lipinski definition) is 0. The predicted molar refractivity (Wildman–Crippen MR) is 81.1 cm³/mol. The lowest BCUT2D eigenvalue weighted by Crippen LogP contribution is -1.93. The van der Waals surface area contributed by atoms with E-state index >= 15 is 0 Å². The fourth-order valence-corrected chi connectivity index (χ4v) is 4.26. The molecule has 0 aliphatic heterocycles. The van der Waals surface area contributed by atoms with Gasteiger partial charge in [-0.3, -0.25) is 0 Å². The monoisotopic (exact) mass is 352 g/mol. The smallest absolute Gasteiger partial charge is 0.0344 e. The molecule has 84 valence electrons. The maximum absolute atomic E-state index is 2.43. The summed E-state index contributed by atoms with van der Waals surface area (Å²) >= 11 is 6.35. The molecule has 0 saturated heterocycles. The molecule has 15 heavy (non-hydrogen) atoms. The highest BCUT2D eigenvalue weighted by Crippen LogP contribution is 2.38. The molecule has 0 nitrogen and oxygen atoms in total. The molecule has 0 aliphatic rings. The Balaban J connectivity index is 2.97. The van der Waals surface area contributed by atoms with E-state index in [0.717, 1.165) is 0 Å². The Kier molecular flexibility index (Phi) is 5.85. The average molecular weight is 352 g/mol. The molecule has 0 heterocycles. The Bertz CT molecular complexity index is 321. The van der Waals surface area contributed by atoms with Crippen LogP contribution in [0.5, 0.6) is 0 Å². The van der Waals surface area contributed by atoms with Crippen LogP contribution in [0, 0.1) is 3.57 Å². The molecule has 1 aromatic carbocycles. The number of benzene rings is 1. The van der Waals surface area contributed by atoms with E-state index in [1.54, 1.807) is 0 Å². The van der Waals surface area contributed by atoms with Crippen molar-refractivity contribution in [3.63, 3.8) is 0 Å². The van der Waals surface area contributed by atoms with E-state index in [-0.39, 0.29) is 0 Å². The number of halogens is 1. The summed E-state index contributed by atoms with van der Waals surface area (Å²) in [5.41, 5.74) is 0. The van der Waals surface area contributed by atoms with Gasteiger partial charge in [-0.05, 0) is 34.7 Å². The summed E-state index contributed by atoms with van der Waals surface area (Å²) in [4.78, 5) is 2.88. The second-order valence-corrected chi connectivity index (χ2v) is 8.27. The zero-order valence-electron chi connectivity index (χ0n) is 9.58. The van der Waals surface area contributed by atoms with Crippen molar-refractivity contribution < 1.29 is 0 Å². The Labute approximate surface area is 115 Å². The molecule has 0 spiro atoms. The van der Waals surface area contributed by atoms with E-state index in [4.69, 9.17) is 0 Å². The van der Waals surface area contributed by atoms with Crippen molar-refractivity contribution in [1.82, 2.24) is 0 Å². The molecule has 0 saturated carbocycles. The van der Waals surface area contributed by atoms with Crippen molar-refractivity contribution in [2.45, 2.75) is 48.0 Å². The second-order valence-electron chi connectivity index (χ2n) is 3.90. The zero-order chi connectivity index (χ0) is 11.4. The van der Waals surface area contributed by atoms with E-state index in [1.165, 1.54) is 13.4 Å². The van der Waals surface area contributed by atoms with Gasteiger partial charge < -0.3 is 0 Å². The summed E-state index contributed by atoms with van der Waals surface area (Å²) in [6, 6.07) is 6.57. The molecule has 0 atom stereocenters. The molecule has 0 radical (unpaired) electrons. The van der Waals surface area contributed by atoms with Gasteiger partial charge in [0.2, 0.25) is 0 Å². The zero-order valence-corrected chi connectivity index (χ0v) is 13.4. The van der Waals surface area contributed by atoms with Crippen LogP contribution < -0.4 is 0 Å². The minimum Gasteiger partial charge on any atom is -0.122 e. The van der Waals surface area contributed by atoms with Gasteiger partial charge in [0, 0.05) is 23.9 Å². The minimum absolute atomic E-state index is 0.646. The quantitative estimate of drug-likeness (QED) is 0.533. The van der Waals surface area contributed by atoms with Gasteiger partial charge in [0.25, 0.3) is 0 Å². The topological polar surface area (TPSA) is 0 Å². The standard InChI is InChI=1S/C12H17IS2/c1-8(2)14-11-7-5-6-10(13)12(11)15-9(3)4/h5-9H,1-4H3. The van der Waals surface area contributed by atoms with Crippen molar-refractivity contribution in [1.29, 1.82) is 0 Å². The lowest BCUT2D eigenvalue weighted by Gasteiger charge is -2.14.